The highest BCUT2D eigenvalue weighted by atomic mass is 32.2. The second-order valence-electron chi connectivity index (χ2n) is 10.8. The molecule has 2 aliphatic rings. The van der Waals surface area contributed by atoms with Gasteiger partial charge < -0.3 is 20.4 Å². The van der Waals surface area contributed by atoms with E-state index in [4.69, 9.17) is 0 Å². The highest BCUT2D eigenvalue weighted by Crippen LogP contribution is 2.39. The molecule has 13 heteroatoms. The van der Waals surface area contributed by atoms with Crippen LogP contribution in [0.2, 0.25) is 0 Å². The van der Waals surface area contributed by atoms with Crippen molar-refractivity contribution in [3.8, 4) is 0 Å². The number of carbonyl (C=O) groups is 1. The van der Waals surface area contributed by atoms with Crippen LogP contribution in [0.25, 0.3) is 10.9 Å². The van der Waals surface area contributed by atoms with E-state index in [1.54, 1.807) is 39.8 Å². The first-order valence-corrected chi connectivity index (χ1v) is 15.2. The van der Waals surface area contributed by atoms with E-state index in [2.05, 4.69) is 15.6 Å². The van der Waals surface area contributed by atoms with Crippen molar-refractivity contribution >= 4 is 39.9 Å². The Morgan fingerprint density at radius 2 is 1.72 bits per heavy atom. The minimum atomic E-state index is -4.49. The molecule has 2 aromatic carbocycles. The number of piperidine rings is 1. The number of rotatable bonds is 8. The Morgan fingerprint density at radius 3 is 2.42 bits per heavy atom. The smallest absolute Gasteiger partial charge is 0.385 e. The second kappa shape index (κ2) is 13.2. The van der Waals surface area contributed by atoms with Crippen LogP contribution in [0.15, 0.2) is 53.6 Å². The Labute approximate surface area is 250 Å². The number of carbonyl (C=O) groups excluding carboxylic acids is 1. The topological polar surface area (TPSA) is 60.5 Å². The largest absolute Gasteiger partial charge is 0.418 e. The van der Waals surface area contributed by atoms with E-state index >= 15 is 0 Å². The minimum Gasteiger partial charge on any atom is -0.385 e. The van der Waals surface area contributed by atoms with Crippen molar-refractivity contribution in [1.29, 1.82) is 0 Å². The molecule has 2 N–H and O–H groups in total. The molecule has 1 aromatic heterocycles. The molecule has 0 bridgehead atoms. The Bertz CT molecular complexity index is 1420. The number of alkyl halides is 6. The lowest BCUT2D eigenvalue weighted by atomic mass is 9.99. The van der Waals surface area contributed by atoms with Crippen LogP contribution < -0.4 is 15.5 Å². The van der Waals surface area contributed by atoms with E-state index in [9.17, 15) is 31.1 Å². The van der Waals surface area contributed by atoms with Crippen molar-refractivity contribution in [1.82, 2.24) is 15.2 Å². The summed E-state index contributed by atoms with van der Waals surface area (Å²) in [5.41, 5.74) is -0.419. The van der Waals surface area contributed by atoms with E-state index in [0.29, 0.717) is 61.8 Å². The Balaban J connectivity index is 1.09. The lowest BCUT2D eigenvalue weighted by Crippen LogP contribution is -2.44. The zero-order chi connectivity index (χ0) is 30.6. The highest BCUT2D eigenvalue weighted by Gasteiger charge is 2.35. The monoisotopic (exact) mass is 625 g/mol. The number of piperazine rings is 1. The molecule has 43 heavy (non-hydrogen) atoms. The van der Waals surface area contributed by atoms with E-state index in [1.807, 2.05) is 6.07 Å². The van der Waals surface area contributed by atoms with Crippen molar-refractivity contribution in [2.75, 3.05) is 61.8 Å². The van der Waals surface area contributed by atoms with Crippen LogP contribution in [0.5, 0.6) is 0 Å². The molecule has 232 valence electrons. The number of benzene rings is 2. The van der Waals surface area contributed by atoms with Crippen LogP contribution in [0.4, 0.5) is 37.7 Å². The maximum absolute atomic E-state index is 13.8. The first-order chi connectivity index (χ1) is 20.5. The molecular weight excluding hydrogens is 592 g/mol. The van der Waals surface area contributed by atoms with Crippen LogP contribution in [-0.2, 0) is 17.1 Å². The molecule has 2 fully saturated rings. The fraction of sp³-hybridized carbons (Fsp3) is 0.467. The van der Waals surface area contributed by atoms with Crippen molar-refractivity contribution in [2.24, 2.45) is 5.92 Å². The van der Waals surface area contributed by atoms with Crippen molar-refractivity contribution in [3.63, 3.8) is 0 Å². The van der Waals surface area contributed by atoms with Gasteiger partial charge in [-0.2, -0.15) is 26.3 Å². The zero-order valence-corrected chi connectivity index (χ0v) is 24.2. The summed E-state index contributed by atoms with van der Waals surface area (Å²) in [5, 5.41) is 6.57. The first-order valence-electron chi connectivity index (χ1n) is 14.3. The number of anilines is 2. The van der Waals surface area contributed by atoms with Crippen LogP contribution in [0.3, 0.4) is 0 Å². The molecule has 2 aliphatic heterocycles. The average molecular weight is 626 g/mol. The molecule has 0 radical (unpaired) electrons. The molecule has 3 heterocycles. The number of thioether (sulfide) groups is 1. The number of para-hydroxylation sites is 1. The molecule has 1 amide bonds. The maximum Gasteiger partial charge on any atom is 0.418 e. The molecule has 6 nitrogen and oxygen atoms in total. The number of hydrogen-bond acceptors (Lipinski definition) is 6. The molecule has 0 saturated carbocycles. The van der Waals surface area contributed by atoms with E-state index in [-0.39, 0.29) is 24.6 Å². The summed E-state index contributed by atoms with van der Waals surface area (Å²) in [7, 11) is 0. The SMILES string of the molecule is O=C(CCNc1ccc(N2CCNCC2)c(C(F)(F)F)c1)N1CCC(CSc2cccc3cc(C(F)(F)F)cnc23)CC1. The Morgan fingerprint density at radius 1 is 0.977 bits per heavy atom. The predicted octanol–water partition coefficient (Wildman–Crippen LogP) is 6.51. The third-order valence-corrected chi connectivity index (χ3v) is 9.15. The molecule has 0 atom stereocenters. The van der Waals surface area contributed by atoms with Gasteiger partial charge in [-0.1, -0.05) is 12.1 Å². The molecule has 0 spiro atoms. The Kier molecular flexibility index (Phi) is 9.60. The lowest BCUT2D eigenvalue weighted by Gasteiger charge is -2.32. The van der Waals surface area contributed by atoms with Gasteiger partial charge in [0.05, 0.1) is 16.6 Å². The van der Waals surface area contributed by atoms with Crippen LogP contribution in [0.1, 0.15) is 30.4 Å². The molecule has 0 unspecified atom stereocenters. The van der Waals surface area contributed by atoms with Gasteiger partial charge in [-0.15, -0.1) is 11.8 Å². The zero-order valence-electron chi connectivity index (χ0n) is 23.4. The van der Waals surface area contributed by atoms with Gasteiger partial charge in [0, 0.05) is 85.8 Å². The van der Waals surface area contributed by atoms with Gasteiger partial charge in [0.25, 0.3) is 0 Å². The first kappa shape index (κ1) is 31.2. The third-order valence-electron chi connectivity index (χ3n) is 7.87. The number of nitrogens with one attached hydrogen (secondary N) is 2. The number of amides is 1. The number of fused-ring (bicyclic) bond motifs is 1. The van der Waals surface area contributed by atoms with Crippen LogP contribution >= 0.6 is 11.8 Å². The number of pyridine rings is 1. The number of hydrogen-bond donors (Lipinski definition) is 2. The van der Waals surface area contributed by atoms with Crippen LogP contribution in [0, 0.1) is 5.92 Å². The summed E-state index contributed by atoms with van der Waals surface area (Å²) in [6, 6.07) is 10.6. The fourth-order valence-electron chi connectivity index (χ4n) is 5.49. The van der Waals surface area contributed by atoms with Crippen molar-refractivity contribution in [3.05, 3.63) is 59.8 Å². The van der Waals surface area contributed by atoms with Gasteiger partial charge in [-0.3, -0.25) is 9.78 Å². The van der Waals surface area contributed by atoms with Crippen LogP contribution in [-0.4, -0.2) is 67.4 Å². The summed E-state index contributed by atoms with van der Waals surface area (Å²) in [6.07, 6.45) is -6.31. The molecule has 5 rings (SSSR count). The molecule has 2 saturated heterocycles. The molecule has 0 aliphatic carbocycles. The summed E-state index contributed by atoms with van der Waals surface area (Å²) >= 11 is 1.56. The number of likely N-dealkylation sites (tertiary alicyclic amines) is 1. The van der Waals surface area contributed by atoms with Gasteiger partial charge in [0.2, 0.25) is 5.91 Å². The molecular formula is C30H33F6N5OS. The maximum atomic E-state index is 13.8. The summed E-state index contributed by atoms with van der Waals surface area (Å²) < 4.78 is 80.6. The minimum absolute atomic E-state index is 0.0502. The third kappa shape index (κ3) is 7.86. The predicted molar refractivity (Wildman–Crippen MR) is 156 cm³/mol. The summed E-state index contributed by atoms with van der Waals surface area (Å²) in [5.74, 6) is 1.05. The lowest BCUT2D eigenvalue weighted by molar-refractivity contribution is -0.138. The average Bonchev–Trinajstić information content (AvgIpc) is 2.99. The van der Waals surface area contributed by atoms with Crippen molar-refractivity contribution < 1.29 is 31.1 Å². The molecule has 3 aromatic rings. The fourth-order valence-corrected chi connectivity index (χ4v) is 6.72. The normalized spacial score (nSPS) is 17.0. The second-order valence-corrected chi connectivity index (χ2v) is 11.9. The van der Waals surface area contributed by atoms with Gasteiger partial charge in [0.15, 0.2) is 0 Å². The van der Waals surface area contributed by atoms with Crippen molar-refractivity contribution in [2.45, 2.75) is 36.5 Å². The number of aromatic nitrogens is 1. The highest BCUT2D eigenvalue weighted by molar-refractivity contribution is 7.99. The summed E-state index contributed by atoms with van der Waals surface area (Å²) in [6.45, 7) is 3.68. The van der Waals surface area contributed by atoms with Gasteiger partial charge in [-0.05, 0) is 49.1 Å². The van der Waals surface area contributed by atoms with E-state index in [1.165, 1.54) is 6.07 Å². The van der Waals surface area contributed by atoms with Gasteiger partial charge in [0.1, 0.15) is 0 Å². The van der Waals surface area contributed by atoms with Gasteiger partial charge in [-0.25, -0.2) is 0 Å². The quantitative estimate of drug-likeness (QED) is 0.220. The Hall–Kier alpha value is -3.19. The summed E-state index contributed by atoms with van der Waals surface area (Å²) in [4.78, 5) is 21.2. The standard InChI is InChI=1S/C30H33F6N5OS/c31-29(32,33)22-16-21-2-1-3-26(28(21)39-18-22)43-19-20-7-12-41(13-8-20)27(42)6-9-38-23-4-5-25(24(17-23)30(34,35)36)40-14-10-37-11-15-40/h1-5,16-18,20,37-38H,6-15,19H2. The number of halogens is 6. The number of nitrogens with zero attached hydrogens (tertiary/aromatic N) is 3. The van der Waals surface area contributed by atoms with Gasteiger partial charge >= 0.3 is 12.4 Å². The van der Waals surface area contributed by atoms with E-state index in [0.717, 1.165) is 41.8 Å². The van der Waals surface area contributed by atoms with E-state index < -0.39 is 23.5 Å².